The summed E-state index contributed by atoms with van der Waals surface area (Å²) in [6.07, 6.45) is 2.45. The van der Waals surface area contributed by atoms with E-state index in [9.17, 15) is 9.50 Å². The van der Waals surface area contributed by atoms with E-state index < -0.39 is 11.9 Å². The van der Waals surface area contributed by atoms with E-state index in [1.54, 1.807) is 18.2 Å². The van der Waals surface area contributed by atoms with Crippen LogP contribution in [0, 0.1) is 5.82 Å². The maximum atomic E-state index is 13.1. The van der Waals surface area contributed by atoms with Gasteiger partial charge in [0.1, 0.15) is 6.61 Å². The molecule has 0 amide bonds. The molecular weight excluding hydrogens is 195 g/mol. The molecule has 0 heterocycles. The lowest BCUT2D eigenvalue weighted by Crippen LogP contribution is -2.17. The minimum atomic E-state index is -0.581. The number of benzene rings is 1. The first-order valence-corrected chi connectivity index (χ1v) is 4.90. The quantitative estimate of drug-likeness (QED) is 0.731. The molecule has 82 valence electrons. The van der Waals surface area contributed by atoms with Crippen molar-refractivity contribution in [3.05, 3.63) is 42.7 Å². The normalized spacial score (nSPS) is 12.1. The highest BCUT2D eigenvalue weighted by atomic mass is 19.1. The summed E-state index contributed by atoms with van der Waals surface area (Å²) in [6.45, 7) is 3.66. The Morgan fingerprint density at radius 2 is 2.20 bits per heavy atom. The van der Waals surface area contributed by atoms with Gasteiger partial charge < -0.3 is 9.84 Å². The van der Waals surface area contributed by atoms with Crippen molar-refractivity contribution >= 4 is 0 Å². The van der Waals surface area contributed by atoms with Crippen LogP contribution in [0.1, 0.15) is 12.8 Å². The Balaban J connectivity index is 2.36. The average Bonchev–Trinajstić information content (AvgIpc) is 2.25. The minimum Gasteiger partial charge on any atom is -0.488 e. The van der Waals surface area contributed by atoms with Crippen molar-refractivity contribution in [1.29, 1.82) is 0 Å². The zero-order valence-electron chi connectivity index (χ0n) is 8.53. The molecule has 1 aromatic rings. The van der Waals surface area contributed by atoms with Crippen molar-refractivity contribution in [2.45, 2.75) is 18.9 Å². The van der Waals surface area contributed by atoms with Crippen molar-refractivity contribution in [1.82, 2.24) is 0 Å². The lowest BCUT2D eigenvalue weighted by Gasteiger charge is -2.11. The Morgan fingerprint density at radius 3 is 2.87 bits per heavy atom. The van der Waals surface area contributed by atoms with Crippen LogP contribution in [-0.4, -0.2) is 17.8 Å². The third-order valence-electron chi connectivity index (χ3n) is 1.97. The topological polar surface area (TPSA) is 29.5 Å². The van der Waals surface area contributed by atoms with Crippen LogP contribution in [0.5, 0.6) is 5.75 Å². The molecule has 0 radical (unpaired) electrons. The molecule has 1 rings (SSSR count). The first-order valence-electron chi connectivity index (χ1n) is 4.90. The van der Waals surface area contributed by atoms with Gasteiger partial charge in [-0.05, 0) is 25.0 Å². The van der Waals surface area contributed by atoms with Crippen molar-refractivity contribution in [3.8, 4) is 5.75 Å². The number of hydrogen-bond acceptors (Lipinski definition) is 2. The fourth-order valence-electron chi connectivity index (χ4n) is 1.14. The zero-order chi connectivity index (χ0) is 11.1. The summed E-state index contributed by atoms with van der Waals surface area (Å²) >= 11 is 0. The molecule has 0 aliphatic heterocycles. The highest BCUT2D eigenvalue weighted by molar-refractivity contribution is 5.23. The van der Waals surface area contributed by atoms with E-state index in [4.69, 9.17) is 4.74 Å². The van der Waals surface area contributed by atoms with Crippen LogP contribution >= 0.6 is 0 Å². The van der Waals surface area contributed by atoms with E-state index in [1.807, 2.05) is 0 Å². The molecule has 0 saturated carbocycles. The molecule has 0 aliphatic carbocycles. The summed E-state index contributed by atoms with van der Waals surface area (Å²) in [5.74, 6) is -0.233. The number of aliphatic hydroxyl groups excluding tert-OH is 1. The lowest BCUT2D eigenvalue weighted by atomic mass is 10.2. The van der Waals surface area contributed by atoms with Gasteiger partial charge in [-0.1, -0.05) is 18.2 Å². The van der Waals surface area contributed by atoms with Gasteiger partial charge >= 0.3 is 0 Å². The standard InChI is InChI=1S/C12H15FO2/c1-2-3-6-10(14)9-15-12-8-5-4-7-11(12)13/h2,4-5,7-8,10,14H,1,3,6,9H2. The second kappa shape index (κ2) is 6.19. The first-order chi connectivity index (χ1) is 7.24. The Kier molecular flexibility index (Phi) is 4.84. The van der Waals surface area contributed by atoms with E-state index in [-0.39, 0.29) is 12.4 Å². The Morgan fingerprint density at radius 1 is 1.47 bits per heavy atom. The molecule has 15 heavy (non-hydrogen) atoms. The number of ether oxygens (including phenoxy) is 1. The highest BCUT2D eigenvalue weighted by Gasteiger charge is 2.06. The third-order valence-corrected chi connectivity index (χ3v) is 1.97. The Bertz CT molecular complexity index is 312. The monoisotopic (exact) mass is 210 g/mol. The van der Waals surface area contributed by atoms with Gasteiger partial charge in [0.2, 0.25) is 0 Å². The third kappa shape index (κ3) is 4.13. The van der Waals surface area contributed by atoms with E-state index >= 15 is 0 Å². The fourth-order valence-corrected chi connectivity index (χ4v) is 1.14. The van der Waals surface area contributed by atoms with Crippen LogP contribution in [0.2, 0.25) is 0 Å². The van der Waals surface area contributed by atoms with E-state index in [1.165, 1.54) is 12.1 Å². The number of hydrogen-bond donors (Lipinski definition) is 1. The number of aliphatic hydroxyl groups is 1. The molecule has 1 unspecified atom stereocenters. The summed E-state index contributed by atoms with van der Waals surface area (Å²) in [7, 11) is 0. The summed E-state index contributed by atoms with van der Waals surface area (Å²) in [6, 6.07) is 6.14. The fraction of sp³-hybridized carbons (Fsp3) is 0.333. The highest BCUT2D eigenvalue weighted by Crippen LogP contribution is 2.15. The van der Waals surface area contributed by atoms with Crippen molar-refractivity contribution in [3.63, 3.8) is 0 Å². The predicted molar refractivity (Wildman–Crippen MR) is 57.3 cm³/mol. The van der Waals surface area contributed by atoms with Crippen LogP contribution in [0.4, 0.5) is 4.39 Å². The van der Waals surface area contributed by atoms with E-state index in [2.05, 4.69) is 6.58 Å². The summed E-state index contributed by atoms with van der Waals surface area (Å²) in [5.41, 5.74) is 0. The maximum Gasteiger partial charge on any atom is 0.165 e. The average molecular weight is 210 g/mol. The zero-order valence-corrected chi connectivity index (χ0v) is 8.53. The molecule has 0 aliphatic rings. The molecule has 0 saturated heterocycles. The van der Waals surface area contributed by atoms with E-state index in [0.29, 0.717) is 6.42 Å². The molecule has 0 spiro atoms. The van der Waals surface area contributed by atoms with Gasteiger partial charge in [-0.3, -0.25) is 0 Å². The van der Waals surface area contributed by atoms with Gasteiger partial charge in [0.15, 0.2) is 11.6 Å². The van der Waals surface area contributed by atoms with Crippen LogP contribution in [0.25, 0.3) is 0 Å². The second-order valence-corrected chi connectivity index (χ2v) is 3.26. The smallest absolute Gasteiger partial charge is 0.165 e. The van der Waals surface area contributed by atoms with Gasteiger partial charge in [0.05, 0.1) is 6.10 Å². The van der Waals surface area contributed by atoms with Crippen LogP contribution in [0.15, 0.2) is 36.9 Å². The molecule has 1 N–H and O–H groups in total. The molecule has 1 atom stereocenters. The lowest BCUT2D eigenvalue weighted by molar-refractivity contribution is 0.0987. The van der Waals surface area contributed by atoms with Crippen LogP contribution < -0.4 is 4.74 Å². The second-order valence-electron chi connectivity index (χ2n) is 3.26. The number of para-hydroxylation sites is 1. The molecule has 0 aromatic heterocycles. The largest absolute Gasteiger partial charge is 0.488 e. The molecule has 3 heteroatoms. The van der Waals surface area contributed by atoms with Crippen molar-refractivity contribution in [2.75, 3.05) is 6.61 Å². The van der Waals surface area contributed by atoms with Crippen molar-refractivity contribution in [2.24, 2.45) is 0 Å². The van der Waals surface area contributed by atoms with Gasteiger partial charge in [-0.25, -0.2) is 4.39 Å². The summed E-state index contributed by atoms with van der Waals surface area (Å²) in [5, 5.41) is 9.44. The maximum absolute atomic E-state index is 13.1. The van der Waals surface area contributed by atoms with Gasteiger partial charge in [-0.15, -0.1) is 6.58 Å². The van der Waals surface area contributed by atoms with Gasteiger partial charge in [0.25, 0.3) is 0 Å². The molecule has 0 bridgehead atoms. The Labute approximate surface area is 89.0 Å². The molecule has 2 nitrogen and oxygen atoms in total. The van der Waals surface area contributed by atoms with E-state index in [0.717, 1.165) is 6.42 Å². The molecule has 0 fully saturated rings. The number of rotatable bonds is 6. The summed E-state index contributed by atoms with van der Waals surface area (Å²) in [4.78, 5) is 0. The van der Waals surface area contributed by atoms with Crippen LogP contribution in [-0.2, 0) is 0 Å². The van der Waals surface area contributed by atoms with Gasteiger partial charge in [-0.2, -0.15) is 0 Å². The van der Waals surface area contributed by atoms with Crippen LogP contribution in [0.3, 0.4) is 0 Å². The molecular formula is C12H15FO2. The first kappa shape index (κ1) is 11.7. The predicted octanol–water partition coefficient (Wildman–Crippen LogP) is 2.53. The SMILES string of the molecule is C=CCCC(O)COc1ccccc1F. The minimum absolute atomic E-state index is 0.106. The number of allylic oxidation sites excluding steroid dienone is 1. The molecule has 1 aromatic carbocycles. The number of halogens is 1. The van der Waals surface area contributed by atoms with Gasteiger partial charge in [0, 0.05) is 0 Å². The van der Waals surface area contributed by atoms with Crippen molar-refractivity contribution < 1.29 is 14.2 Å². The summed E-state index contributed by atoms with van der Waals surface area (Å²) < 4.78 is 18.2. The Hall–Kier alpha value is -1.35.